The van der Waals surface area contributed by atoms with Crippen molar-refractivity contribution in [3.63, 3.8) is 0 Å². The molecule has 0 saturated heterocycles. The minimum absolute atomic E-state index is 0.189. The lowest BCUT2D eigenvalue weighted by molar-refractivity contribution is 0.0945. The maximum atomic E-state index is 11.9. The Hall–Kier alpha value is -0.910. The molecule has 6 heteroatoms. The van der Waals surface area contributed by atoms with E-state index in [9.17, 15) is 4.79 Å². The molecule has 0 aliphatic heterocycles. The van der Waals surface area contributed by atoms with E-state index in [1.54, 1.807) is 6.07 Å². The minimum atomic E-state index is -0.189. The zero-order valence-electron chi connectivity index (χ0n) is 9.54. The SMILES string of the molecule is Cc1nc(C(=O)NCc2cccc(Cl)c2)c(Br)s1. The Morgan fingerprint density at radius 2 is 2.33 bits per heavy atom. The molecule has 0 fully saturated rings. The van der Waals surface area contributed by atoms with Gasteiger partial charge in [-0.2, -0.15) is 0 Å². The molecule has 18 heavy (non-hydrogen) atoms. The van der Waals surface area contributed by atoms with Crippen molar-refractivity contribution in [3.8, 4) is 0 Å². The van der Waals surface area contributed by atoms with Gasteiger partial charge in [0.1, 0.15) is 3.79 Å². The molecule has 0 saturated carbocycles. The van der Waals surface area contributed by atoms with Gasteiger partial charge in [0.25, 0.3) is 5.91 Å². The van der Waals surface area contributed by atoms with Crippen LogP contribution in [0.5, 0.6) is 0 Å². The molecule has 1 amide bonds. The van der Waals surface area contributed by atoms with E-state index in [-0.39, 0.29) is 5.91 Å². The summed E-state index contributed by atoms with van der Waals surface area (Å²) in [6, 6.07) is 7.39. The number of rotatable bonds is 3. The molecule has 0 atom stereocenters. The van der Waals surface area contributed by atoms with Crippen LogP contribution in [0.1, 0.15) is 21.1 Å². The highest BCUT2D eigenvalue weighted by atomic mass is 79.9. The Kier molecular flexibility index (Phi) is 4.37. The van der Waals surface area contributed by atoms with E-state index in [1.165, 1.54) is 11.3 Å². The van der Waals surface area contributed by atoms with Gasteiger partial charge in [-0.25, -0.2) is 4.98 Å². The molecular formula is C12H10BrClN2OS. The zero-order valence-corrected chi connectivity index (χ0v) is 12.7. The van der Waals surface area contributed by atoms with Crippen molar-refractivity contribution in [1.29, 1.82) is 0 Å². The summed E-state index contributed by atoms with van der Waals surface area (Å²) in [5.41, 5.74) is 1.39. The van der Waals surface area contributed by atoms with Gasteiger partial charge in [0.2, 0.25) is 0 Å². The first-order chi connectivity index (χ1) is 8.56. The predicted octanol–water partition coefficient (Wildman–Crippen LogP) is 3.80. The van der Waals surface area contributed by atoms with Gasteiger partial charge in [-0.05, 0) is 40.5 Å². The Labute approximate surface area is 122 Å². The summed E-state index contributed by atoms with van der Waals surface area (Å²) in [4.78, 5) is 16.1. The van der Waals surface area contributed by atoms with Crippen LogP contribution < -0.4 is 5.32 Å². The van der Waals surface area contributed by atoms with Crippen molar-refractivity contribution in [2.75, 3.05) is 0 Å². The topological polar surface area (TPSA) is 42.0 Å². The van der Waals surface area contributed by atoms with Gasteiger partial charge in [-0.15, -0.1) is 11.3 Å². The van der Waals surface area contributed by atoms with Crippen LogP contribution in [0.4, 0.5) is 0 Å². The average Bonchev–Trinajstić information content (AvgIpc) is 2.66. The van der Waals surface area contributed by atoms with Gasteiger partial charge in [0.05, 0.1) is 5.01 Å². The summed E-state index contributed by atoms with van der Waals surface area (Å²) in [6.07, 6.45) is 0. The fourth-order valence-corrected chi connectivity index (χ4v) is 3.27. The average molecular weight is 346 g/mol. The van der Waals surface area contributed by atoms with Crippen LogP contribution in [0.3, 0.4) is 0 Å². The van der Waals surface area contributed by atoms with Crippen LogP contribution in [0, 0.1) is 6.92 Å². The molecule has 2 aromatic rings. The third-order valence-electron chi connectivity index (χ3n) is 2.25. The number of hydrogen-bond donors (Lipinski definition) is 1. The summed E-state index contributed by atoms with van der Waals surface area (Å²) in [5.74, 6) is -0.189. The lowest BCUT2D eigenvalue weighted by atomic mass is 10.2. The van der Waals surface area contributed by atoms with Crippen molar-refractivity contribution in [3.05, 3.63) is 49.3 Å². The summed E-state index contributed by atoms with van der Waals surface area (Å²) in [7, 11) is 0. The van der Waals surface area contributed by atoms with E-state index in [0.29, 0.717) is 17.3 Å². The number of amides is 1. The third-order valence-corrected chi connectivity index (χ3v) is 4.11. The van der Waals surface area contributed by atoms with Gasteiger partial charge >= 0.3 is 0 Å². The molecule has 0 aliphatic rings. The number of benzene rings is 1. The molecule has 1 heterocycles. The predicted molar refractivity (Wildman–Crippen MR) is 77.2 cm³/mol. The second kappa shape index (κ2) is 5.82. The second-order valence-corrected chi connectivity index (χ2v) is 6.63. The maximum Gasteiger partial charge on any atom is 0.272 e. The molecule has 0 radical (unpaired) electrons. The molecule has 1 N–H and O–H groups in total. The van der Waals surface area contributed by atoms with Crippen molar-refractivity contribution in [1.82, 2.24) is 10.3 Å². The van der Waals surface area contributed by atoms with Crippen molar-refractivity contribution >= 4 is 44.8 Å². The molecule has 2 rings (SSSR count). The molecular weight excluding hydrogens is 336 g/mol. The number of halogens is 2. The molecule has 1 aromatic heterocycles. The highest BCUT2D eigenvalue weighted by Gasteiger charge is 2.14. The number of aromatic nitrogens is 1. The highest BCUT2D eigenvalue weighted by molar-refractivity contribution is 9.11. The summed E-state index contributed by atoms with van der Waals surface area (Å²) in [5, 5.41) is 4.33. The first kappa shape index (κ1) is 13.5. The van der Waals surface area contributed by atoms with E-state index in [2.05, 4.69) is 26.2 Å². The van der Waals surface area contributed by atoms with Crippen molar-refractivity contribution < 1.29 is 4.79 Å². The normalized spacial score (nSPS) is 10.4. The zero-order chi connectivity index (χ0) is 13.1. The van der Waals surface area contributed by atoms with E-state index in [1.807, 2.05) is 25.1 Å². The van der Waals surface area contributed by atoms with Crippen molar-refractivity contribution in [2.45, 2.75) is 13.5 Å². The smallest absolute Gasteiger partial charge is 0.272 e. The van der Waals surface area contributed by atoms with E-state index in [0.717, 1.165) is 14.4 Å². The molecule has 1 aromatic carbocycles. The Morgan fingerprint density at radius 3 is 2.94 bits per heavy atom. The summed E-state index contributed by atoms with van der Waals surface area (Å²) >= 11 is 10.6. The number of carbonyl (C=O) groups excluding carboxylic acids is 1. The fourth-order valence-electron chi connectivity index (χ4n) is 1.46. The quantitative estimate of drug-likeness (QED) is 0.919. The van der Waals surface area contributed by atoms with Crippen LogP contribution in [0.2, 0.25) is 5.02 Å². The van der Waals surface area contributed by atoms with Gasteiger partial charge in [-0.3, -0.25) is 4.79 Å². The molecule has 94 valence electrons. The van der Waals surface area contributed by atoms with Crippen LogP contribution >= 0.6 is 38.9 Å². The van der Waals surface area contributed by atoms with Crippen LogP contribution in [-0.4, -0.2) is 10.9 Å². The summed E-state index contributed by atoms with van der Waals surface area (Å²) in [6.45, 7) is 2.30. The highest BCUT2D eigenvalue weighted by Crippen LogP contribution is 2.24. The number of nitrogens with one attached hydrogen (secondary N) is 1. The minimum Gasteiger partial charge on any atom is -0.347 e. The number of thiazole rings is 1. The molecule has 3 nitrogen and oxygen atoms in total. The molecule has 0 aliphatic carbocycles. The largest absolute Gasteiger partial charge is 0.347 e. The Morgan fingerprint density at radius 1 is 1.56 bits per heavy atom. The number of nitrogens with zero attached hydrogens (tertiary/aromatic N) is 1. The number of hydrogen-bond acceptors (Lipinski definition) is 3. The standard InChI is InChI=1S/C12H10BrClN2OS/c1-7-16-10(11(13)18-7)12(17)15-6-8-3-2-4-9(14)5-8/h2-5H,6H2,1H3,(H,15,17). The molecule has 0 spiro atoms. The maximum absolute atomic E-state index is 11.9. The number of aryl methyl sites for hydroxylation is 1. The van der Waals surface area contributed by atoms with E-state index in [4.69, 9.17) is 11.6 Å². The lowest BCUT2D eigenvalue weighted by Crippen LogP contribution is -2.23. The van der Waals surface area contributed by atoms with Crippen LogP contribution in [-0.2, 0) is 6.54 Å². The number of carbonyl (C=O) groups is 1. The van der Waals surface area contributed by atoms with Gasteiger partial charge in [0.15, 0.2) is 5.69 Å². The molecule has 0 bridgehead atoms. The Balaban J connectivity index is 2.03. The van der Waals surface area contributed by atoms with E-state index < -0.39 is 0 Å². The van der Waals surface area contributed by atoms with Crippen LogP contribution in [0.25, 0.3) is 0 Å². The fraction of sp³-hybridized carbons (Fsp3) is 0.167. The monoisotopic (exact) mass is 344 g/mol. The van der Waals surface area contributed by atoms with Gasteiger partial charge in [-0.1, -0.05) is 23.7 Å². The third kappa shape index (κ3) is 3.31. The lowest BCUT2D eigenvalue weighted by Gasteiger charge is -2.04. The van der Waals surface area contributed by atoms with E-state index >= 15 is 0 Å². The van der Waals surface area contributed by atoms with Gasteiger partial charge < -0.3 is 5.32 Å². The van der Waals surface area contributed by atoms with Crippen LogP contribution in [0.15, 0.2) is 28.1 Å². The summed E-state index contributed by atoms with van der Waals surface area (Å²) < 4.78 is 0.753. The first-order valence-corrected chi connectivity index (χ1v) is 7.20. The van der Waals surface area contributed by atoms with Crippen molar-refractivity contribution in [2.24, 2.45) is 0 Å². The van der Waals surface area contributed by atoms with Gasteiger partial charge in [0, 0.05) is 11.6 Å². The second-order valence-electron chi connectivity index (χ2n) is 3.67. The molecule has 0 unspecified atom stereocenters. The first-order valence-electron chi connectivity index (χ1n) is 5.22. The Bertz CT molecular complexity index is 585.